The van der Waals surface area contributed by atoms with Gasteiger partial charge < -0.3 is 10.6 Å². The molecule has 2 aromatic heterocycles. The van der Waals surface area contributed by atoms with Crippen LogP contribution in [-0.4, -0.2) is 17.9 Å². The number of primary amides is 1. The van der Waals surface area contributed by atoms with Gasteiger partial charge in [-0.05, 0) is 23.9 Å². The maximum atomic E-state index is 11.0. The fraction of sp³-hybridized carbons (Fsp3) is 0.273. The highest BCUT2D eigenvalue weighted by Gasteiger charge is 2.11. The van der Waals surface area contributed by atoms with Crippen molar-refractivity contribution in [3.8, 4) is 0 Å². The van der Waals surface area contributed by atoms with Crippen molar-refractivity contribution in [2.75, 3.05) is 11.9 Å². The third-order valence-corrected chi connectivity index (χ3v) is 4.38. The average Bonchev–Trinajstić information content (AvgIpc) is 2.88. The van der Waals surface area contributed by atoms with Gasteiger partial charge in [0.05, 0.1) is 6.54 Å². The number of thiazole rings is 1. The molecule has 0 unspecified atom stereocenters. The molecule has 4 nitrogen and oxygen atoms in total. The Morgan fingerprint density at radius 3 is 2.82 bits per heavy atom. The van der Waals surface area contributed by atoms with Crippen LogP contribution in [0.25, 0.3) is 0 Å². The van der Waals surface area contributed by atoms with Crippen LogP contribution in [-0.2, 0) is 6.54 Å². The van der Waals surface area contributed by atoms with Crippen LogP contribution >= 0.6 is 22.7 Å². The number of hydrogen-bond acceptors (Lipinski definition) is 5. The summed E-state index contributed by atoms with van der Waals surface area (Å²) in [4.78, 5) is 18.5. The minimum absolute atomic E-state index is 0.333. The first-order valence-electron chi connectivity index (χ1n) is 5.07. The van der Waals surface area contributed by atoms with Gasteiger partial charge in [0.25, 0.3) is 5.91 Å². The Labute approximate surface area is 108 Å². The Kier molecular flexibility index (Phi) is 3.44. The van der Waals surface area contributed by atoms with Gasteiger partial charge >= 0.3 is 0 Å². The molecule has 2 aromatic rings. The summed E-state index contributed by atoms with van der Waals surface area (Å²) in [5.74, 6) is -0.479. The number of nitrogens with two attached hydrogens (primary N) is 1. The van der Waals surface area contributed by atoms with Crippen molar-refractivity contribution in [1.29, 1.82) is 0 Å². The highest BCUT2D eigenvalue weighted by Crippen LogP contribution is 2.24. The Morgan fingerprint density at radius 2 is 2.29 bits per heavy atom. The van der Waals surface area contributed by atoms with Crippen LogP contribution < -0.4 is 10.6 Å². The molecular weight excluding hydrogens is 254 g/mol. The summed E-state index contributed by atoms with van der Waals surface area (Å²) in [6.07, 6.45) is 0. The first-order valence-corrected chi connectivity index (χ1v) is 6.83. The minimum Gasteiger partial charge on any atom is -0.364 e. The Balaban J connectivity index is 2.12. The van der Waals surface area contributed by atoms with Gasteiger partial charge in [0.2, 0.25) is 0 Å². The van der Waals surface area contributed by atoms with E-state index in [2.05, 4.69) is 23.4 Å². The van der Waals surface area contributed by atoms with Crippen LogP contribution in [0.2, 0.25) is 0 Å². The summed E-state index contributed by atoms with van der Waals surface area (Å²) in [6.45, 7) is 2.89. The first-order chi connectivity index (χ1) is 8.08. The summed E-state index contributed by atoms with van der Waals surface area (Å²) in [5.41, 5.74) is 6.79. The topological polar surface area (TPSA) is 59.2 Å². The van der Waals surface area contributed by atoms with Crippen molar-refractivity contribution in [2.45, 2.75) is 13.5 Å². The molecule has 0 atom stereocenters. The molecule has 0 fully saturated rings. The lowest BCUT2D eigenvalue weighted by molar-refractivity contribution is 0.0996. The summed E-state index contributed by atoms with van der Waals surface area (Å²) >= 11 is 3.16. The zero-order valence-electron chi connectivity index (χ0n) is 9.64. The SMILES string of the molecule is Cc1ccsc1CN(C)c1nc(C(N)=O)cs1. The van der Waals surface area contributed by atoms with Crippen molar-refractivity contribution < 1.29 is 4.79 Å². The second-order valence-corrected chi connectivity index (χ2v) is 5.60. The highest BCUT2D eigenvalue weighted by atomic mass is 32.1. The van der Waals surface area contributed by atoms with Gasteiger partial charge in [0, 0.05) is 17.3 Å². The maximum Gasteiger partial charge on any atom is 0.268 e. The zero-order valence-corrected chi connectivity index (χ0v) is 11.3. The molecule has 0 spiro atoms. The number of aromatic nitrogens is 1. The van der Waals surface area contributed by atoms with Crippen molar-refractivity contribution >= 4 is 33.7 Å². The molecule has 0 aliphatic rings. The van der Waals surface area contributed by atoms with Crippen molar-refractivity contribution in [3.05, 3.63) is 33.0 Å². The van der Waals surface area contributed by atoms with E-state index in [0.29, 0.717) is 5.69 Å². The van der Waals surface area contributed by atoms with E-state index in [1.165, 1.54) is 21.8 Å². The van der Waals surface area contributed by atoms with Gasteiger partial charge in [-0.25, -0.2) is 4.98 Å². The summed E-state index contributed by atoms with van der Waals surface area (Å²) < 4.78 is 0. The molecule has 0 radical (unpaired) electrons. The molecule has 2 N–H and O–H groups in total. The van der Waals surface area contributed by atoms with Crippen molar-refractivity contribution in [3.63, 3.8) is 0 Å². The van der Waals surface area contributed by atoms with Gasteiger partial charge in [0.1, 0.15) is 5.69 Å². The molecule has 2 heterocycles. The molecule has 0 aliphatic carbocycles. The third kappa shape index (κ3) is 2.65. The molecule has 0 aliphatic heterocycles. The van der Waals surface area contributed by atoms with E-state index < -0.39 is 5.91 Å². The van der Waals surface area contributed by atoms with Crippen LogP contribution in [0.1, 0.15) is 20.9 Å². The fourth-order valence-electron chi connectivity index (χ4n) is 1.40. The normalized spacial score (nSPS) is 10.5. The number of amides is 1. The monoisotopic (exact) mass is 267 g/mol. The lowest BCUT2D eigenvalue weighted by Crippen LogP contribution is -2.17. The second kappa shape index (κ2) is 4.85. The van der Waals surface area contributed by atoms with Gasteiger partial charge in [-0.2, -0.15) is 0 Å². The third-order valence-electron chi connectivity index (χ3n) is 2.42. The van der Waals surface area contributed by atoms with E-state index in [-0.39, 0.29) is 0 Å². The number of nitrogens with zero attached hydrogens (tertiary/aromatic N) is 2. The maximum absolute atomic E-state index is 11.0. The van der Waals surface area contributed by atoms with E-state index >= 15 is 0 Å². The van der Waals surface area contributed by atoms with Crippen molar-refractivity contribution in [1.82, 2.24) is 4.98 Å². The van der Waals surface area contributed by atoms with Gasteiger partial charge in [-0.15, -0.1) is 22.7 Å². The number of thiophene rings is 1. The lowest BCUT2D eigenvalue weighted by Gasteiger charge is -2.14. The van der Waals surface area contributed by atoms with Gasteiger partial charge in [0.15, 0.2) is 5.13 Å². The fourth-order valence-corrected chi connectivity index (χ4v) is 3.14. The summed E-state index contributed by atoms with van der Waals surface area (Å²) in [5, 5.41) is 4.58. The van der Waals surface area contributed by atoms with E-state index in [1.54, 1.807) is 16.7 Å². The average molecular weight is 267 g/mol. The standard InChI is InChI=1S/C11H13N3OS2/c1-7-3-4-16-9(7)5-14(2)11-13-8(6-17-11)10(12)15/h3-4,6H,5H2,1-2H3,(H2,12,15). The molecule has 0 aromatic carbocycles. The number of aryl methyl sites for hydroxylation is 1. The second-order valence-electron chi connectivity index (χ2n) is 3.76. The smallest absolute Gasteiger partial charge is 0.268 e. The van der Waals surface area contributed by atoms with Crippen LogP contribution in [0, 0.1) is 6.92 Å². The van der Waals surface area contributed by atoms with Crippen molar-refractivity contribution in [2.24, 2.45) is 5.73 Å². The highest BCUT2D eigenvalue weighted by molar-refractivity contribution is 7.14. The molecule has 0 saturated carbocycles. The number of carbonyl (C=O) groups excluding carboxylic acids is 1. The quantitative estimate of drug-likeness (QED) is 0.924. The van der Waals surface area contributed by atoms with E-state index in [0.717, 1.165) is 11.7 Å². The minimum atomic E-state index is -0.479. The molecule has 0 bridgehead atoms. The zero-order chi connectivity index (χ0) is 12.4. The van der Waals surface area contributed by atoms with Crippen LogP contribution in [0.15, 0.2) is 16.8 Å². The van der Waals surface area contributed by atoms with E-state index in [1.807, 2.05) is 11.9 Å². The molecule has 2 rings (SSSR count). The van der Waals surface area contributed by atoms with E-state index in [9.17, 15) is 4.79 Å². The molecule has 0 saturated heterocycles. The summed E-state index contributed by atoms with van der Waals surface area (Å²) in [7, 11) is 1.96. The number of anilines is 1. The molecular formula is C11H13N3OS2. The molecule has 17 heavy (non-hydrogen) atoms. The number of carbonyl (C=O) groups is 1. The first kappa shape index (κ1) is 12.1. The van der Waals surface area contributed by atoms with Gasteiger partial charge in [-0.3, -0.25) is 4.79 Å². The van der Waals surface area contributed by atoms with Gasteiger partial charge in [-0.1, -0.05) is 0 Å². The molecule has 1 amide bonds. The Bertz CT molecular complexity index is 532. The van der Waals surface area contributed by atoms with E-state index in [4.69, 9.17) is 5.73 Å². The molecule has 90 valence electrons. The number of rotatable bonds is 4. The predicted octanol–water partition coefficient (Wildman–Crippen LogP) is 2.25. The largest absolute Gasteiger partial charge is 0.364 e. The molecule has 6 heteroatoms. The predicted molar refractivity (Wildman–Crippen MR) is 71.8 cm³/mol. The number of hydrogen-bond donors (Lipinski definition) is 1. The summed E-state index contributed by atoms with van der Waals surface area (Å²) in [6, 6.07) is 2.10. The van der Waals surface area contributed by atoms with Crippen LogP contribution in [0.4, 0.5) is 5.13 Å². The van der Waals surface area contributed by atoms with Crippen LogP contribution in [0.5, 0.6) is 0 Å². The van der Waals surface area contributed by atoms with Crippen LogP contribution in [0.3, 0.4) is 0 Å². The Morgan fingerprint density at radius 1 is 1.53 bits per heavy atom. The lowest BCUT2D eigenvalue weighted by atomic mass is 10.3. The Hall–Kier alpha value is -1.40.